The van der Waals surface area contributed by atoms with Gasteiger partial charge in [0.15, 0.2) is 0 Å². The van der Waals surface area contributed by atoms with Crippen molar-refractivity contribution in [1.82, 2.24) is 5.32 Å². The number of ether oxygens (including phenoxy) is 1. The highest BCUT2D eigenvalue weighted by atomic mass is 16.5. The van der Waals surface area contributed by atoms with E-state index >= 15 is 0 Å². The first-order valence-corrected chi connectivity index (χ1v) is 7.87. The minimum atomic E-state index is -0.156. The lowest BCUT2D eigenvalue weighted by atomic mass is 10.1. The molecule has 0 aliphatic carbocycles. The van der Waals surface area contributed by atoms with Crippen LogP contribution in [0.3, 0.4) is 0 Å². The van der Waals surface area contributed by atoms with Gasteiger partial charge in [-0.05, 0) is 37.9 Å². The highest BCUT2D eigenvalue weighted by molar-refractivity contribution is 5.95. The maximum Gasteiger partial charge on any atom is 0.145 e. The predicted octanol–water partition coefficient (Wildman–Crippen LogP) is 2.58. The molecular weight excluding hydrogens is 276 g/mol. The van der Waals surface area contributed by atoms with Gasteiger partial charge in [0.2, 0.25) is 0 Å². The van der Waals surface area contributed by atoms with Crippen molar-refractivity contribution < 1.29 is 9.84 Å². The van der Waals surface area contributed by atoms with Gasteiger partial charge in [-0.3, -0.25) is 4.99 Å². The van der Waals surface area contributed by atoms with E-state index in [9.17, 15) is 0 Å². The third-order valence-corrected chi connectivity index (χ3v) is 3.32. The number of allylic oxidation sites excluding steroid dienone is 1. The molecule has 0 saturated heterocycles. The molecule has 0 radical (unpaired) electrons. The van der Waals surface area contributed by atoms with Crippen LogP contribution in [0.4, 0.5) is 0 Å². The smallest absolute Gasteiger partial charge is 0.145 e. The molecule has 0 bridgehead atoms. The number of hydrogen-bond acceptors (Lipinski definition) is 4. The zero-order chi connectivity index (χ0) is 16.0. The van der Waals surface area contributed by atoms with Gasteiger partial charge >= 0.3 is 0 Å². The fourth-order valence-electron chi connectivity index (χ4n) is 2.07. The molecule has 4 heteroatoms. The van der Waals surface area contributed by atoms with Crippen LogP contribution in [0, 0.1) is 0 Å². The molecule has 0 aliphatic heterocycles. The summed E-state index contributed by atoms with van der Waals surface area (Å²) in [6.07, 6.45) is 6.46. The fraction of sp³-hybridized carbons (Fsp3) is 0.500. The highest BCUT2D eigenvalue weighted by Gasteiger charge is 2.00. The number of aryl methyl sites for hydroxylation is 1. The number of aliphatic imine (C=N–C) groups is 1. The molecule has 0 saturated carbocycles. The Balaban J connectivity index is 2.22. The molecular formula is C18H28N2O2. The van der Waals surface area contributed by atoms with E-state index in [2.05, 4.69) is 34.6 Å². The summed E-state index contributed by atoms with van der Waals surface area (Å²) in [6, 6.07) is 10.5. The first-order chi connectivity index (χ1) is 10.8. The van der Waals surface area contributed by atoms with E-state index in [1.54, 1.807) is 13.2 Å². The summed E-state index contributed by atoms with van der Waals surface area (Å²) < 4.78 is 5.15. The maximum atomic E-state index is 8.87. The first kappa shape index (κ1) is 18.6. The fourth-order valence-corrected chi connectivity index (χ4v) is 2.07. The van der Waals surface area contributed by atoms with Crippen LogP contribution in [-0.4, -0.2) is 43.9 Å². The summed E-state index contributed by atoms with van der Waals surface area (Å²) in [6.45, 7) is 3.80. The van der Waals surface area contributed by atoms with Crippen LogP contribution in [0.2, 0.25) is 0 Å². The molecule has 4 nitrogen and oxygen atoms in total. The normalized spacial score (nSPS) is 13.7. The maximum absolute atomic E-state index is 8.87. The summed E-state index contributed by atoms with van der Waals surface area (Å²) in [5, 5.41) is 12.3. The average molecular weight is 304 g/mol. The minimum Gasteiger partial charge on any atom is -0.392 e. The number of aliphatic hydroxyl groups excluding tert-OH is 1. The van der Waals surface area contributed by atoms with Gasteiger partial charge in [-0.15, -0.1) is 0 Å². The molecule has 2 N–H and O–H groups in total. The molecule has 0 spiro atoms. The average Bonchev–Trinajstić information content (AvgIpc) is 2.56. The zero-order valence-corrected chi connectivity index (χ0v) is 13.7. The quantitative estimate of drug-likeness (QED) is 0.488. The molecule has 1 unspecified atom stereocenters. The Labute approximate surface area is 133 Å². The van der Waals surface area contributed by atoms with Crippen molar-refractivity contribution in [3.63, 3.8) is 0 Å². The number of nitrogens with one attached hydrogen (secondary N) is 1. The molecule has 122 valence electrons. The predicted molar refractivity (Wildman–Crippen MR) is 92.4 cm³/mol. The van der Waals surface area contributed by atoms with Gasteiger partial charge in [0, 0.05) is 25.8 Å². The van der Waals surface area contributed by atoms with E-state index in [-0.39, 0.29) is 12.8 Å². The topological polar surface area (TPSA) is 53.9 Å². The number of hydrogen-bond donors (Lipinski definition) is 2. The van der Waals surface area contributed by atoms with Gasteiger partial charge in [0.05, 0.1) is 6.61 Å². The second kappa shape index (κ2) is 12.1. The molecule has 0 amide bonds. The van der Waals surface area contributed by atoms with Crippen LogP contribution >= 0.6 is 0 Å². The third-order valence-electron chi connectivity index (χ3n) is 3.32. The van der Waals surface area contributed by atoms with Crippen LogP contribution < -0.4 is 5.32 Å². The van der Waals surface area contributed by atoms with Crippen molar-refractivity contribution in [3.8, 4) is 0 Å². The SMILES string of the molecule is COC(C)/N=C(\C=C/CO)CCNCCCc1ccccc1. The summed E-state index contributed by atoms with van der Waals surface area (Å²) in [7, 11) is 1.64. The van der Waals surface area contributed by atoms with E-state index in [0.717, 1.165) is 38.1 Å². The van der Waals surface area contributed by atoms with Gasteiger partial charge < -0.3 is 15.2 Å². The van der Waals surface area contributed by atoms with Gasteiger partial charge in [0.25, 0.3) is 0 Å². The Hall–Kier alpha value is -1.49. The van der Waals surface area contributed by atoms with Crippen molar-refractivity contribution >= 4 is 5.71 Å². The van der Waals surface area contributed by atoms with Crippen LogP contribution in [0.15, 0.2) is 47.5 Å². The van der Waals surface area contributed by atoms with Gasteiger partial charge in [0.1, 0.15) is 6.23 Å². The van der Waals surface area contributed by atoms with E-state index in [4.69, 9.17) is 9.84 Å². The van der Waals surface area contributed by atoms with Gasteiger partial charge in [-0.2, -0.15) is 0 Å². The van der Waals surface area contributed by atoms with Crippen LogP contribution in [0.1, 0.15) is 25.3 Å². The molecule has 0 aromatic heterocycles. The van der Waals surface area contributed by atoms with Crippen molar-refractivity contribution in [2.24, 2.45) is 4.99 Å². The second-order valence-corrected chi connectivity index (χ2v) is 5.13. The third kappa shape index (κ3) is 8.72. The van der Waals surface area contributed by atoms with Crippen molar-refractivity contribution in [3.05, 3.63) is 48.0 Å². The Kier molecular flexibility index (Phi) is 10.2. The lowest BCUT2D eigenvalue weighted by molar-refractivity contribution is 0.126. The molecule has 22 heavy (non-hydrogen) atoms. The van der Waals surface area contributed by atoms with Crippen molar-refractivity contribution in [2.75, 3.05) is 26.8 Å². The minimum absolute atomic E-state index is 0.0326. The van der Waals surface area contributed by atoms with Crippen molar-refractivity contribution in [2.45, 2.75) is 32.4 Å². The number of methoxy groups -OCH3 is 1. The largest absolute Gasteiger partial charge is 0.392 e. The highest BCUT2D eigenvalue weighted by Crippen LogP contribution is 2.01. The number of aliphatic hydroxyl groups is 1. The zero-order valence-electron chi connectivity index (χ0n) is 13.7. The molecule has 0 heterocycles. The summed E-state index contributed by atoms with van der Waals surface area (Å²) in [5.74, 6) is 0. The summed E-state index contributed by atoms with van der Waals surface area (Å²) in [4.78, 5) is 4.45. The number of rotatable bonds is 11. The molecule has 1 aromatic rings. The molecule has 1 atom stereocenters. The number of benzene rings is 1. The monoisotopic (exact) mass is 304 g/mol. The van der Waals surface area contributed by atoms with Crippen LogP contribution in [0.25, 0.3) is 0 Å². The van der Waals surface area contributed by atoms with Gasteiger partial charge in [-0.25, -0.2) is 0 Å². The lowest BCUT2D eigenvalue weighted by Gasteiger charge is -2.08. The summed E-state index contributed by atoms with van der Waals surface area (Å²) >= 11 is 0. The molecule has 0 aliphatic rings. The Bertz CT molecular complexity index is 444. The second-order valence-electron chi connectivity index (χ2n) is 5.13. The van der Waals surface area contributed by atoms with E-state index in [1.165, 1.54) is 5.56 Å². The molecule has 1 rings (SSSR count). The van der Waals surface area contributed by atoms with E-state index in [1.807, 2.05) is 19.1 Å². The Morgan fingerprint density at radius 1 is 1.32 bits per heavy atom. The number of nitrogens with zero attached hydrogens (tertiary/aromatic N) is 1. The summed E-state index contributed by atoms with van der Waals surface area (Å²) in [5.41, 5.74) is 2.32. The van der Waals surface area contributed by atoms with Gasteiger partial charge in [-0.1, -0.05) is 36.4 Å². The van der Waals surface area contributed by atoms with Crippen LogP contribution in [0.5, 0.6) is 0 Å². The first-order valence-electron chi connectivity index (χ1n) is 7.87. The molecule has 1 aromatic carbocycles. The van der Waals surface area contributed by atoms with E-state index < -0.39 is 0 Å². The van der Waals surface area contributed by atoms with Crippen molar-refractivity contribution in [1.29, 1.82) is 0 Å². The Morgan fingerprint density at radius 2 is 2.09 bits per heavy atom. The van der Waals surface area contributed by atoms with Crippen LogP contribution in [-0.2, 0) is 11.2 Å². The Morgan fingerprint density at radius 3 is 2.77 bits per heavy atom. The standard InChI is InChI=1S/C18H28N2O2/c1-16(22-2)20-18(11-7-15-21)12-14-19-13-6-10-17-8-4-3-5-9-17/h3-5,7-9,11,16,19,21H,6,10,12-15H2,1-2H3/b11-7-,20-18+. The lowest BCUT2D eigenvalue weighted by Crippen LogP contribution is -2.20. The molecule has 0 fully saturated rings. The van der Waals surface area contributed by atoms with E-state index in [0.29, 0.717) is 0 Å².